The van der Waals surface area contributed by atoms with E-state index in [1.807, 2.05) is 20.8 Å². The molecular formula is C13H21N5O3. The second-order valence-corrected chi connectivity index (χ2v) is 5.92. The van der Waals surface area contributed by atoms with Crippen LogP contribution >= 0.6 is 0 Å². The van der Waals surface area contributed by atoms with Crippen molar-refractivity contribution in [2.75, 3.05) is 5.32 Å². The number of nitrogens with one attached hydrogen (secondary N) is 2. The average molecular weight is 295 g/mol. The second-order valence-electron chi connectivity index (χ2n) is 5.92. The van der Waals surface area contributed by atoms with Crippen LogP contribution in [0.15, 0.2) is 0 Å². The largest absolute Gasteiger partial charge is 0.481 e. The van der Waals surface area contributed by atoms with E-state index in [1.54, 1.807) is 13.8 Å². The fourth-order valence-electron chi connectivity index (χ4n) is 1.55. The maximum Gasteiger partial charge on any atom is 0.321 e. The fourth-order valence-corrected chi connectivity index (χ4v) is 1.55. The van der Waals surface area contributed by atoms with Crippen LogP contribution in [0.1, 0.15) is 38.6 Å². The molecule has 1 aromatic heterocycles. The molecule has 1 atom stereocenters. The van der Waals surface area contributed by atoms with Crippen molar-refractivity contribution in [1.82, 2.24) is 20.5 Å². The van der Waals surface area contributed by atoms with Gasteiger partial charge in [0, 0.05) is 6.04 Å². The van der Waals surface area contributed by atoms with Crippen molar-refractivity contribution in [3.63, 3.8) is 0 Å². The molecule has 116 valence electrons. The molecule has 1 rings (SSSR count). The predicted molar refractivity (Wildman–Crippen MR) is 77.0 cm³/mol. The third-order valence-electron chi connectivity index (χ3n) is 3.05. The van der Waals surface area contributed by atoms with Gasteiger partial charge in [-0.25, -0.2) is 9.78 Å². The maximum atomic E-state index is 11.9. The summed E-state index contributed by atoms with van der Waals surface area (Å²) < 4.78 is 0. The summed E-state index contributed by atoms with van der Waals surface area (Å²) in [5, 5.41) is 21.6. The molecule has 1 aromatic rings. The monoisotopic (exact) mass is 295 g/mol. The number of carbonyl (C=O) groups is 2. The Bertz CT molecular complexity index is 539. The van der Waals surface area contributed by atoms with Gasteiger partial charge in [0.25, 0.3) is 5.95 Å². The molecule has 3 N–H and O–H groups in total. The first kappa shape index (κ1) is 16.8. The predicted octanol–water partition coefficient (Wildman–Crippen LogP) is 1.50. The maximum absolute atomic E-state index is 11.9. The van der Waals surface area contributed by atoms with Gasteiger partial charge in [0.1, 0.15) is 0 Å². The van der Waals surface area contributed by atoms with Gasteiger partial charge in [-0.05, 0) is 19.3 Å². The van der Waals surface area contributed by atoms with Crippen molar-refractivity contribution in [1.29, 1.82) is 0 Å². The highest BCUT2D eigenvalue weighted by atomic mass is 16.4. The van der Waals surface area contributed by atoms with Crippen molar-refractivity contribution in [2.45, 2.75) is 47.1 Å². The lowest BCUT2D eigenvalue weighted by Gasteiger charge is -2.30. The molecule has 1 unspecified atom stereocenters. The van der Waals surface area contributed by atoms with Gasteiger partial charge in [0.2, 0.25) is 0 Å². The molecule has 1 heterocycles. The lowest BCUT2D eigenvalue weighted by Crippen LogP contribution is -2.46. The first-order chi connectivity index (χ1) is 9.59. The Morgan fingerprint density at radius 2 is 1.81 bits per heavy atom. The number of aryl methyl sites for hydroxylation is 2. The van der Waals surface area contributed by atoms with Gasteiger partial charge in [-0.15, -0.1) is 5.10 Å². The summed E-state index contributed by atoms with van der Waals surface area (Å²) in [6, 6.07) is -1.07. The molecule has 0 aliphatic carbocycles. The van der Waals surface area contributed by atoms with Crippen molar-refractivity contribution in [3.05, 3.63) is 11.4 Å². The fraction of sp³-hybridized carbons (Fsp3) is 0.615. The van der Waals surface area contributed by atoms with Crippen LogP contribution < -0.4 is 10.6 Å². The van der Waals surface area contributed by atoms with E-state index in [0.717, 1.165) is 0 Å². The van der Waals surface area contributed by atoms with Crippen LogP contribution in [-0.2, 0) is 4.79 Å². The van der Waals surface area contributed by atoms with Gasteiger partial charge in [0.05, 0.1) is 17.8 Å². The number of amides is 2. The third-order valence-corrected chi connectivity index (χ3v) is 3.05. The first-order valence-electron chi connectivity index (χ1n) is 6.57. The third kappa shape index (κ3) is 5.33. The Balaban J connectivity index is 2.73. The van der Waals surface area contributed by atoms with Gasteiger partial charge in [-0.1, -0.05) is 20.8 Å². The van der Waals surface area contributed by atoms with Crippen molar-refractivity contribution >= 4 is 17.9 Å². The molecule has 8 heteroatoms. The topological polar surface area (TPSA) is 117 Å². The molecule has 0 aromatic carbocycles. The van der Waals surface area contributed by atoms with Gasteiger partial charge in [-0.2, -0.15) is 5.10 Å². The van der Waals surface area contributed by atoms with Gasteiger partial charge in [-0.3, -0.25) is 10.1 Å². The van der Waals surface area contributed by atoms with Crippen molar-refractivity contribution in [2.24, 2.45) is 5.41 Å². The van der Waals surface area contributed by atoms with E-state index in [0.29, 0.717) is 11.4 Å². The van der Waals surface area contributed by atoms with Gasteiger partial charge < -0.3 is 10.4 Å². The van der Waals surface area contributed by atoms with Crippen LogP contribution in [0.3, 0.4) is 0 Å². The minimum Gasteiger partial charge on any atom is -0.481 e. The Morgan fingerprint density at radius 1 is 1.19 bits per heavy atom. The lowest BCUT2D eigenvalue weighted by atomic mass is 9.85. The normalized spacial score (nSPS) is 12.6. The molecule has 0 aliphatic heterocycles. The lowest BCUT2D eigenvalue weighted by molar-refractivity contribution is -0.138. The standard InChI is InChI=1S/C13H21N5O3/c1-7-8(2)17-18-11(14-7)16-12(21)15-9(6-10(19)20)13(3,4)5/h9H,6H2,1-5H3,(H,19,20)(H2,14,15,16,18,21). The number of carboxylic acid groups (broad SMARTS) is 1. The highest BCUT2D eigenvalue weighted by Gasteiger charge is 2.28. The molecule has 0 fully saturated rings. The zero-order chi connectivity index (χ0) is 16.2. The van der Waals surface area contributed by atoms with Gasteiger partial charge >= 0.3 is 12.0 Å². The first-order valence-corrected chi connectivity index (χ1v) is 6.57. The van der Waals surface area contributed by atoms with E-state index < -0.39 is 23.5 Å². The molecule has 0 saturated heterocycles. The number of hydrogen-bond donors (Lipinski definition) is 3. The molecule has 2 amide bonds. The van der Waals surface area contributed by atoms with E-state index >= 15 is 0 Å². The summed E-state index contributed by atoms with van der Waals surface area (Å²) in [6.07, 6.45) is -0.164. The number of carboxylic acids is 1. The molecule has 0 bridgehead atoms. The van der Waals surface area contributed by atoms with Crippen LogP contribution in [0.4, 0.5) is 10.7 Å². The minimum absolute atomic E-state index is 0.0820. The smallest absolute Gasteiger partial charge is 0.321 e. The minimum atomic E-state index is -0.973. The number of rotatable bonds is 4. The molecule has 0 spiro atoms. The molecule has 0 radical (unpaired) electrons. The Labute approximate surface area is 123 Å². The van der Waals surface area contributed by atoms with Crippen LogP contribution in [-0.4, -0.2) is 38.3 Å². The number of aromatic nitrogens is 3. The SMILES string of the molecule is Cc1nnc(NC(=O)NC(CC(=O)O)C(C)(C)C)nc1C. The molecule has 8 nitrogen and oxygen atoms in total. The average Bonchev–Trinajstić information content (AvgIpc) is 2.31. The number of anilines is 1. The van der Waals surface area contributed by atoms with Gasteiger partial charge in [0.15, 0.2) is 0 Å². The Kier molecular flexibility index (Phi) is 5.17. The summed E-state index contributed by atoms with van der Waals surface area (Å²) in [4.78, 5) is 26.9. The van der Waals surface area contributed by atoms with Crippen molar-refractivity contribution < 1.29 is 14.7 Å². The van der Waals surface area contributed by atoms with E-state index in [1.165, 1.54) is 0 Å². The van der Waals surface area contributed by atoms with Crippen LogP contribution in [0.25, 0.3) is 0 Å². The quantitative estimate of drug-likeness (QED) is 0.775. The van der Waals surface area contributed by atoms with Crippen molar-refractivity contribution in [3.8, 4) is 0 Å². The zero-order valence-electron chi connectivity index (χ0n) is 12.9. The van der Waals surface area contributed by atoms with Crippen LogP contribution in [0.2, 0.25) is 0 Å². The molecule has 21 heavy (non-hydrogen) atoms. The van der Waals surface area contributed by atoms with Crippen LogP contribution in [0.5, 0.6) is 0 Å². The summed E-state index contributed by atoms with van der Waals surface area (Å²) in [6.45, 7) is 9.09. The zero-order valence-corrected chi connectivity index (χ0v) is 12.9. The number of urea groups is 1. The van der Waals surface area contributed by atoms with Crippen LogP contribution in [0, 0.1) is 19.3 Å². The number of hydrogen-bond acceptors (Lipinski definition) is 5. The number of nitrogens with zero attached hydrogens (tertiary/aromatic N) is 3. The number of carbonyl (C=O) groups excluding carboxylic acids is 1. The highest BCUT2D eigenvalue weighted by molar-refractivity contribution is 5.87. The Morgan fingerprint density at radius 3 is 2.29 bits per heavy atom. The molecule has 0 saturated carbocycles. The van der Waals surface area contributed by atoms with E-state index in [2.05, 4.69) is 25.8 Å². The summed E-state index contributed by atoms with van der Waals surface area (Å²) >= 11 is 0. The Hall–Kier alpha value is -2.25. The molecular weight excluding hydrogens is 274 g/mol. The summed E-state index contributed by atoms with van der Waals surface area (Å²) in [7, 11) is 0. The number of aliphatic carboxylic acids is 1. The summed E-state index contributed by atoms with van der Waals surface area (Å²) in [5.41, 5.74) is 0.954. The molecule has 0 aliphatic rings. The highest BCUT2D eigenvalue weighted by Crippen LogP contribution is 2.21. The second kappa shape index (κ2) is 6.47. The summed E-state index contributed by atoms with van der Waals surface area (Å²) in [5.74, 6) is -0.891. The van der Waals surface area contributed by atoms with E-state index in [4.69, 9.17) is 5.11 Å². The van der Waals surface area contributed by atoms with E-state index in [9.17, 15) is 9.59 Å². The van der Waals surface area contributed by atoms with E-state index in [-0.39, 0.29) is 12.4 Å².